The minimum absolute atomic E-state index is 0.122. The molecule has 2 nitrogen and oxygen atoms in total. The summed E-state index contributed by atoms with van der Waals surface area (Å²) < 4.78 is 5.25. The average molecular weight is 181 g/mol. The number of ether oxygens (including phenoxy) is 1. The molecule has 0 aromatic heterocycles. The van der Waals surface area contributed by atoms with Gasteiger partial charge in [-0.1, -0.05) is 20.4 Å². The number of allylic oxidation sites excluding steroid dienone is 1. The van der Waals surface area contributed by atoms with Crippen LogP contribution in [0.4, 0.5) is 0 Å². The van der Waals surface area contributed by atoms with Gasteiger partial charge in [-0.05, 0) is 31.9 Å². The van der Waals surface area contributed by atoms with E-state index in [0.29, 0.717) is 11.8 Å². The van der Waals surface area contributed by atoms with Crippen molar-refractivity contribution in [1.29, 1.82) is 0 Å². The fourth-order valence-corrected chi connectivity index (χ4v) is 0.606. The average Bonchev–Trinajstić information content (AvgIpc) is 1.98. The summed E-state index contributed by atoms with van der Waals surface area (Å²) >= 11 is 0. The third-order valence-electron chi connectivity index (χ3n) is 1.49. The molecule has 0 bridgehead atoms. The maximum Gasteiger partial charge on any atom is 0.205 e. The lowest BCUT2D eigenvalue weighted by Crippen LogP contribution is -2.01. The molecular formula is C11H19NO. The van der Waals surface area contributed by atoms with Crippen LogP contribution in [0.25, 0.3) is 0 Å². The van der Waals surface area contributed by atoms with Crippen molar-refractivity contribution < 1.29 is 4.74 Å². The second-order valence-electron chi connectivity index (χ2n) is 3.55. The molecule has 0 atom stereocenters. The van der Waals surface area contributed by atoms with Crippen LogP contribution < -0.4 is 0 Å². The summed E-state index contributed by atoms with van der Waals surface area (Å²) in [4.78, 5) is 4.04. The quantitative estimate of drug-likeness (QED) is 0.471. The standard InChI is InChI=1S/C11H19NO/c1-8(2)10(5)7-12-11(6)13-9(3)4/h7-9H,5-6H2,1-4H3/b12-7-. The minimum atomic E-state index is 0.122. The van der Waals surface area contributed by atoms with Crippen molar-refractivity contribution in [3.8, 4) is 0 Å². The molecule has 0 saturated carbocycles. The molecule has 0 aliphatic heterocycles. The molecule has 74 valence electrons. The Labute approximate surface area is 81.0 Å². The van der Waals surface area contributed by atoms with Crippen LogP contribution in [0.3, 0.4) is 0 Å². The second-order valence-corrected chi connectivity index (χ2v) is 3.55. The van der Waals surface area contributed by atoms with Gasteiger partial charge < -0.3 is 4.74 Å². The summed E-state index contributed by atoms with van der Waals surface area (Å²) in [6.45, 7) is 15.5. The first-order valence-corrected chi connectivity index (χ1v) is 4.52. The number of hydrogen-bond acceptors (Lipinski definition) is 2. The fraction of sp³-hybridized carbons (Fsp3) is 0.545. The Morgan fingerprint density at radius 2 is 1.77 bits per heavy atom. The summed E-state index contributed by atoms with van der Waals surface area (Å²) in [6.07, 6.45) is 1.83. The van der Waals surface area contributed by atoms with Gasteiger partial charge in [-0.25, -0.2) is 4.99 Å². The lowest BCUT2D eigenvalue weighted by molar-refractivity contribution is 0.147. The zero-order chi connectivity index (χ0) is 10.4. The molecule has 0 unspecified atom stereocenters. The van der Waals surface area contributed by atoms with E-state index in [2.05, 4.69) is 32.0 Å². The summed E-state index contributed by atoms with van der Waals surface area (Å²) in [5.41, 5.74) is 0.980. The molecular weight excluding hydrogens is 162 g/mol. The van der Waals surface area contributed by atoms with Gasteiger partial charge in [-0.15, -0.1) is 0 Å². The molecule has 0 rings (SSSR count). The van der Waals surface area contributed by atoms with Crippen molar-refractivity contribution in [2.24, 2.45) is 10.9 Å². The number of rotatable bonds is 5. The van der Waals surface area contributed by atoms with E-state index in [4.69, 9.17) is 4.74 Å². The third-order valence-corrected chi connectivity index (χ3v) is 1.49. The molecule has 0 spiro atoms. The highest BCUT2D eigenvalue weighted by Crippen LogP contribution is 2.06. The molecule has 0 saturated heterocycles. The van der Waals surface area contributed by atoms with E-state index in [9.17, 15) is 0 Å². The molecule has 0 N–H and O–H groups in total. The van der Waals surface area contributed by atoms with Crippen LogP contribution in [0, 0.1) is 5.92 Å². The van der Waals surface area contributed by atoms with Crippen molar-refractivity contribution in [3.05, 3.63) is 24.6 Å². The highest BCUT2D eigenvalue weighted by molar-refractivity contribution is 5.78. The normalized spacial score (nSPS) is 11.2. The lowest BCUT2D eigenvalue weighted by atomic mass is 10.1. The summed E-state index contributed by atoms with van der Waals surface area (Å²) in [6, 6.07) is 0. The van der Waals surface area contributed by atoms with Crippen LogP contribution in [0.15, 0.2) is 29.6 Å². The fourth-order valence-electron chi connectivity index (χ4n) is 0.606. The monoisotopic (exact) mass is 181 g/mol. The maximum atomic E-state index is 5.25. The number of nitrogens with zero attached hydrogens (tertiary/aromatic N) is 1. The van der Waals surface area contributed by atoms with Gasteiger partial charge >= 0.3 is 0 Å². The van der Waals surface area contributed by atoms with Crippen LogP contribution in [0.5, 0.6) is 0 Å². The Bertz CT molecular complexity index is 214. The molecule has 0 fully saturated rings. The van der Waals surface area contributed by atoms with Gasteiger partial charge in [0.25, 0.3) is 0 Å². The summed E-state index contributed by atoms with van der Waals surface area (Å²) in [7, 11) is 0. The predicted octanol–water partition coefficient (Wildman–Crippen LogP) is 3.17. The highest BCUT2D eigenvalue weighted by Gasteiger charge is 1.97. The van der Waals surface area contributed by atoms with Gasteiger partial charge in [0.2, 0.25) is 5.88 Å². The SMILES string of the molecule is C=C(/N=C\C(=C)C(C)C)OC(C)C. The van der Waals surface area contributed by atoms with Crippen molar-refractivity contribution >= 4 is 6.21 Å². The first-order valence-electron chi connectivity index (χ1n) is 4.52. The molecule has 0 aromatic carbocycles. The molecule has 13 heavy (non-hydrogen) atoms. The Morgan fingerprint density at radius 3 is 2.15 bits per heavy atom. The van der Waals surface area contributed by atoms with E-state index in [1.807, 2.05) is 13.8 Å². The highest BCUT2D eigenvalue weighted by atomic mass is 16.5. The molecule has 0 aromatic rings. The Hall–Kier alpha value is -1.05. The minimum Gasteiger partial charge on any atom is -0.475 e. The largest absolute Gasteiger partial charge is 0.475 e. The van der Waals surface area contributed by atoms with E-state index < -0.39 is 0 Å². The molecule has 0 heterocycles. The topological polar surface area (TPSA) is 21.6 Å². The van der Waals surface area contributed by atoms with Crippen LogP contribution in [-0.4, -0.2) is 12.3 Å². The van der Waals surface area contributed by atoms with E-state index >= 15 is 0 Å². The van der Waals surface area contributed by atoms with Gasteiger partial charge in [0, 0.05) is 6.21 Å². The Balaban J connectivity index is 3.98. The zero-order valence-corrected chi connectivity index (χ0v) is 9.00. The predicted molar refractivity (Wildman–Crippen MR) is 57.8 cm³/mol. The number of aliphatic imine (C=N–C) groups is 1. The molecule has 0 aliphatic rings. The second kappa shape index (κ2) is 5.57. The van der Waals surface area contributed by atoms with Crippen LogP contribution in [-0.2, 0) is 4.74 Å². The van der Waals surface area contributed by atoms with Crippen molar-refractivity contribution in [2.45, 2.75) is 33.8 Å². The summed E-state index contributed by atoms with van der Waals surface area (Å²) in [5, 5.41) is 0. The smallest absolute Gasteiger partial charge is 0.205 e. The first kappa shape index (κ1) is 11.9. The van der Waals surface area contributed by atoms with E-state index in [0.717, 1.165) is 5.57 Å². The third kappa shape index (κ3) is 6.14. The van der Waals surface area contributed by atoms with Crippen molar-refractivity contribution in [1.82, 2.24) is 0 Å². The molecule has 0 radical (unpaired) electrons. The lowest BCUT2D eigenvalue weighted by Gasteiger charge is -2.08. The van der Waals surface area contributed by atoms with Gasteiger partial charge in [0.15, 0.2) is 0 Å². The first-order chi connectivity index (χ1) is 5.93. The number of hydrogen-bond donors (Lipinski definition) is 0. The van der Waals surface area contributed by atoms with Crippen molar-refractivity contribution in [3.63, 3.8) is 0 Å². The summed E-state index contributed by atoms with van der Waals surface area (Å²) in [5.74, 6) is 0.854. The molecule has 0 aliphatic carbocycles. The van der Waals surface area contributed by atoms with E-state index in [-0.39, 0.29) is 6.10 Å². The van der Waals surface area contributed by atoms with Gasteiger partial charge in [0.1, 0.15) is 0 Å². The molecule has 2 heteroatoms. The van der Waals surface area contributed by atoms with Gasteiger partial charge in [-0.3, -0.25) is 0 Å². The zero-order valence-electron chi connectivity index (χ0n) is 9.00. The Morgan fingerprint density at radius 1 is 1.23 bits per heavy atom. The van der Waals surface area contributed by atoms with Crippen molar-refractivity contribution in [2.75, 3.05) is 0 Å². The van der Waals surface area contributed by atoms with Crippen LogP contribution in [0.1, 0.15) is 27.7 Å². The Kier molecular flexibility index (Phi) is 5.12. The van der Waals surface area contributed by atoms with E-state index in [1.54, 1.807) is 6.21 Å². The van der Waals surface area contributed by atoms with Gasteiger partial charge in [0.05, 0.1) is 6.10 Å². The van der Waals surface area contributed by atoms with Crippen LogP contribution in [0.2, 0.25) is 0 Å². The molecule has 0 amide bonds. The van der Waals surface area contributed by atoms with E-state index in [1.165, 1.54) is 0 Å². The van der Waals surface area contributed by atoms with Gasteiger partial charge in [-0.2, -0.15) is 0 Å². The maximum absolute atomic E-state index is 5.25. The van der Waals surface area contributed by atoms with Crippen LogP contribution >= 0.6 is 0 Å².